The molecule has 0 heterocycles. The number of alkyl halides is 1. The average Bonchev–Trinajstić information content (AvgIpc) is 2.42. The number of methoxy groups -OCH3 is 1. The normalized spacial score (nSPS) is 11.7. The van der Waals surface area contributed by atoms with Crippen LogP contribution in [0.15, 0.2) is 35.2 Å². The fraction of sp³-hybridized carbons (Fsp3) is 0.273. The number of allylic oxidation sites excluding steroid dienone is 1. The summed E-state index contributed by atoms with van der Waals surface area (Å²) in [6, 6.07) is 3.53. The second-order valence-electron chi connectivity index (χ2n) is 3.57. The van der Waals surface area contributed by atoms with Crippen LogP contribution in [0.3, 0.4) is 0 Å². The molecule has 1 rings (SSSR count). The SMILES string of the molecule is COc1ccc(S(=O)(=O)NC/C=C/CCl)c([N+](=O)[O-])c1. The van der Waals surface area contributed by atoms with Gasteiger partial charge in [-0.3, -0.25) is 10.1 Å². The number of sulfonamides is 1. The number of benzene rings is 1. The van der Waals surface area contributed by atoms with Crippen molar-refractivity contribution < 1.29 is 18.1 Å². The summed E-state index contributed by atoms with van der Waals surface area (Å²) in [6.07, 6.45) is 3.08. The predicted octanol–water partition coefficient (Wildman–Crippen LogP) is 1.68. The van der Waals surface area contributed by atoms with E-state index in [4.69, 9.17) is 16.3 Å². The van der Waals surface area contributed by atoms with Crippen LogP contribution in [0, 0.1) is 10.1 Å². The Morgan fingerprint density at radius 3 is 2.70 bits per heavy atom. The van der Waals surface area contributed by atoms with Crippen molar-refractivity contribution in [2.75, 3.05) is 19.5 Å². The molecule has 0 fully saturated rings. The van der Waals surface area contributed by atoms with Crippen LogP contribution in [0.4, 0.5) is 5.69 Å². The number of nitrogens with zero attached hydrogens (tertiary/aromatic N) is 1. The smallest absolute Gasteiger partial charge is 0.293 e. The topological polar surface area (TPSA) is 98.5 Å². The predicted molar refractivity (Wildman–Crippen MR) is 74.7 cm³/mol. The lowest BCUT2D eigenvalue weighted by Gasteiger charge is -2.07. The zero-order valence-electron chi connectivity index (χ0n) is 10.6. The van der Waals surface area contributed by atoms with E-state index in [1.165, 1.54) is 19.3 Å². The maximum atomic E-state index is 12.0. The van der Waals surface area contributed by atoms with E-state index < -0.39 is 25.5 Å². The summed E-state index contributed by atoms with van der Waals surface area (Å²) >= 11 is 5.40. The third-order valence-electron chi connectivity index (χ3n) is 2.30. The van der Waals surface area contributed by atoms with Gasteiger partial charge in [0.25, 0.3) is 5.69 Å². The second kappa shape index (κ2) is 7.22. The Morgan fingerprint density at radius 1 is 1.45 bits per heavy atom. The lowest BCUT2D eigenvalue weighted by Crippen LogP contribution is -2.24. The zero-order valence-corrected chi connectivity index (χ0v) is 12.1. The third-order valence-corrected chi connectivity index (χ3v) is 3.95. The summed E-state index contributed by atoms with van der Waals surface area (Å²) in [5, 5.41) is 10.9. The molecule has 9 heteroatoms. The van der Waals surface area contributed by atoms with E-state index in [9.17, 15) is 18.5 Å². The van der Waals surface area contributed by atoms with Crippen molar-refractivity contribution in [3.63, 3.8) is 0 Å². The Labute approximate surface area is 121 Å². The molecule has 110 valence electrons. The fourth-order valence-electron chi connectivity index (χ4n) is 1.38. The van der Waals surface area contributed by atoms with Crippen LogP contribution >= 0.6 is 11.6 Å². The molecular weight excluding hydrogens is 308 g/mol. The first-order valence-electron chi connectivity index (χ1n) is 5.45. The number of rotatable bonds is 7. The van der Waals surface area contributed by atoms with Gasteiger partial charge in [0.05, 0.1) is 18.1 Å². The number of nitrogens with one attached hydrogen (secondary N) is 1. The van der Waals surface area contributed by atoms with E-state index in [0.29, 0.717) is 0 Å². The average molecular weight is 321 g/mol. The Kier molecular flexibility index (Phi) is 5.93. The first-order chi connectivity index (χ1) is 9.42. The standard InChI is InChI=1S/C11H13ClN2O5S/c1-19-9-4-5-11(10(8-9)14(15)16)20(17,18)13-7-3-2-6-12/h2-5,8,13H,6-7H2,1H3/b3-2+. The van der Waals surface area contributed by atoms with Crippen LogP contribution in [0.2, 0.25) is 0 Å². The van der Waals surface area contributed by atoms with E-state index in [0.717, 1.165) is 12.1 Å². The molecule has 0 unspecified atom stereocenters. The van der Waals surface area contributed by atoms with Crippen molar-refractivity contribution in [2.45, 2.75) is 4.90 Å². The Bertz CT molecular complexity index is 615. The van der Waals surface area contributed by atoms with Crippen molar-refractivity contribution in [1.82, 2.24) is 4.72 Å². The molecule has 0 aromatic heterocycles. The van der Waals surface area contributed by atoms with Gasteiger partial charge in [-0.2, -0.15) is 0 Å². The Hall–Kier alpha value is -1.64. The summed E-state index contributed by atoms with van der Waals surface area (Å²) < 4.78 is 31.1. The molecule has 20 heavy (non-hydrogen) atoms. The maximum absolute atomic E-state index is 12.0. The minimum atomic E-state index is -3.98. The van der Waals surface area contributed by atoms with Crippen molar-refractivity contribution in [3.8, 4) is 5.75 Å². The number of hydrogen-bond donors (Lipinski definition) is 1. The van der Waals surface area contributed by atoms with Gasteiger partial charge >= 0.3 is 0 Å². The van der Waals surface area contributed by atoms with Crippen LogP contribution < -0.4 is 9.46 Å². The highest BCUT2D eigenvalue weighted by atomic mass is 35.5. The molecule has 0 bridgehead atoms. The Morgan fingerprint density at radius 2 is 2.15 bits per heavy atom. The van der Waals surface area contributed by atoms with Crippen LogP contribution in [0.1, 0.15) is 0 Å². The Balaban J connectivity index is 3.11. The van der Waals surface area contributed by atoms with Crippen LogP contribution in [0.5, 0.6) is 5.75 Å². The van der Waals surface area contributed by atoms with Crippen molar-refractivity contribution in [2.24, 2.45) is 0 Å². The molecule has 0 aliphatic rings. The molecule has 1 aromatic rings. The summed E-state index contributed by atoms with van der Waals surface area (Å²) in [6.45, 7) is -0.00175. The largest absolute Gasteiger partial charge is 0.497 e. The first-order valence-corrected chi connectivity index (χ1v) is 7.47. The fourth-order valence-corrected chi connectivity index (χ4v) is 2.63. The van der Waals surface area contributed by atoms with Gasteiger partial charge in [0.2, 0.25) is 10.0 Å². The van der Waals surface area contributed by atoms with Gasteiger partial charge in [-0.1, -0.05) is 12.2 Å². The second-order valence-corrected chi connectivity index (χ2v) is 5.61. The molecular formula is C11H13ClN2O5S. The molecule has 0 saturated carbocycles. The molecule has 0 amide bonds. The molecule has 0 radical (unpaired) electrons. The first kappa shape index (κ1) is 16.4. The third kappa shape index (κ3) is 4.19. The number of halogens is 1. The minimum Gasteiger partial charge on any atom is -0.497 e. The molecule has 0 spiro atoms. The van der Waals surface area contributed by atoms with E-state index in [2.05, 4.69) is 4.72 Å². The summed E-state index contributed by atoms with van der Waals surface area (Å²) in [7, 11) is -2.65. The lowest BCUT2D eigenvalue weighted by molar-refractivity contribution is -0.387. The maximum Gasteiger partial charge on any atom is 0.293 e. The molecule has 1 aromatic carbocycles. The van der Waals surface area contributed by atoms with E-state index in [1.54, 1.807) is 6.08 Å². The van der Waals surface area contributed by atoms with Gasteiger partial charge in [0.1, 0.15) is 5.75 Å². The van der Waals surface area contributed by atoms with Crippen LogP contribution in [-0.2, 0) is 10.0 Å². The summed E-state index contributed by atoms with van der Waals surface area (Å²) in [5.41, 5.74) is -0.543. The van der Waals surface area contributed by atoms with Gasteiger partial charge in [0, 0.05) is 12.4 Å². The van der Waals surface area contributed by atoms with Gasteiger partial charge < -0.3 is 4.74 Å². The quantitative estimate of drug-likeness (QED) is 0.356. The molecule has 1 N–H and O–H groups in total. The molecule has 0 aliphatic carbocycles. The van der Waals surface area contributed by atoms with Crippen LogP contribution in [-0.4, -0.2) is 32.9 Å². The lowest BCUT2D eigenvalue weighted by atomic mass is 10.3. The minimum absolute atomic E-state index is 0.00175. The molecule has 0 aliphatic heterocycles. The highest BCUT2D eigenvalue weighted by molar-refractivity contribution is 7.89. The van der Waals surface area contributed by atoms with E-state index in [1.807, 2.05) is 0 Å². The number of ether oxygens (including phenoxy) is 1. The van der Waals surface area contributed by atoms with Gasteiger partial charge in [-0.05, 0) is 12.1 Å². The number of hydrogen-bond acceptors (Lipinski definition) is 5. The molecule has 0 saturated heterocycles. The van der Waals surface area contributed by atoms with Gasteiger partial charge in [-0.25, -0.2) is 13.1 Å². The van der Waals surface area contributed by atoms with E-state index >= 15 is 0 Å². The van der Waals surface area contributed by atoms with Crippen molar-refractivity contribution in [3.05, 3.63) is 40.5 Å². The van der Waals surface area contributed by atoms with Crippen molar-refractivity contribution in [1.29, 1.82) is 0 Å². The van der Waals surface area contributed by atoms with E-state index in [-0.39, 0.29) is 18.2 Å². The number of nitro benzene ring substituents is 1. The highest BCUT2D eigenvalue weighted by Crippen LogP contribution is 2.27. The summed E-state index contributed by atoms with van der Waals surface area (Å²) in [5.74, 6) is 0.461. The van der Waals surface area contributed by atoms with Crippen molar-refractivity contribution >= 4 is 27.3 Å². The monoisotopic (exact) mass is 320 g/mol. The van der Waals surface area contributed by atoms with Crippen LogP contribution in [0.25, 0.3) is 0 Å². The highest BCUT2D eigenvalue weighted by Gasteiger charge is 2.25. The molecule has 7 nitrogen and oxygen atoms in total. The van der Waals surface area contributed by atoms with Gasteiger partial charge in [-0.15, -0.1) is 11.6 Å². The molecule has 0 atom stereocenters. The number of nitro groups is 1. The van der Waals surface area contributed by atoms with Gasteiger partial charge in [0.15, 0.2) is 4.90 Å². The zero-order chi connectivity index (χ0) is 15.2. The summed E-state index contributed by atoms with van der Waals surface area (Å²) in [4.78, 5) is 9.75.